The molecule has 0 rings (SSSR count). The summed E-state index contributed by atoms with van der Waals surface area (Å²) in [6, 6.07) is 0. The number of hydrogen-bond donors (Lipinski definition) is 1. The van der Waals surface area contributed by atoms with Gasteiger partial charge < -0.3 is 5.32 Å². The number of carbonyl (C=O) groups is 1. The van der Waals surface area contributed by atoms with Gasteiger partial charge in [0.2, 0.25) is 5.91 Å². The van der Waals surface area contributed by atoms with E-state index in [9.17, 15) is 4.79 Å². The molecular formula is C10H21NO. The Kier molecular flexibility index (Phi) is 6.82. The van der Waals surface area contributed by atoms with Crippen molar-refractivity contribution in [2.24, 2.45) is 5.92 Å². The Morgan fingerprint density at radius 1 is 1.42 bits per heavy atom. The first-order chi connectivity index (χ1) is 5.66. The topological polar surface area (TPSA) is 29.1 Å². The molecule has 0 aromatic rings. The number of carbonyl (C=O) groups excluding carboxylic acids is 1. The van der Waals surface area contributed by atoms with Gasteiger partial charge in [-0.1, -0.05) is 33.1 Å². The van der Waals surface area contributed by atoms with Crippen LogP contribution in [0.15, 0.2) is 0 Å². The highest BCUT2D eigenvalue weighted by Crippen LogP contribution is 2.07. The molecule has 12 heavy (non-hydrogen) atoms. The zero-order chi connectivity index (χ0) is 9.40. The Morgan fingerprint density at radius 2 is 2.08 bits per heavy atom. The zero-order valence-electron chi connectivity index (χ0n) is 8.52. The van der Waals surface area contributed by atoms with E-state index < -0.39 is 0 Å². The van der Waals surface area contributed by atoms with Crippen LogP contribution in [0.5, 0.6) is 0 Å². The minimum atomic E-state index is 0.0809. The maximum atomic E-state index is 10.6. The predicted octanol–water partition coefficient (Wildman–Crippen LogP) is 2.34. The molecule has 0 aromatic heterocycles. The molecule has 0 aliphatic rings. The number of rotatable bonds is 6. The lowest BCUT2D eigenvalue weighted by Crippen LogP contribution is -2.25. The van der Waals surface area contributed by atoms with Gasteiger partial charge >= 0.3 is 0 Å². The van der Waals surface area contributed by atoms with Crippen molar-refractivity contribution >= 4 is 5.91 Å². The first kappa shape index (κ1) is 11.5. The summed E-state index contributed by atoms with van der Waals surface area (Å²) in [6.07, 6.45) is 5.10. The van der Waals surface area contributed by atoms with Gasteiger partial charge in [0, 0.05) is 13.5 Å². The van der Waals surface area contributed by atoms with Gasteiger partial charge in [-0.3, -0.25) is 4.79 Å². The van der Waals surface area contributed by atoms with E-state index >= 15 is 0 Å². The number of unbranched alkanes of at least 4 members (excludes halogenated alkanes) is 2. The Bertz CT molecular complexity index is 123. The number of hydrogen-bond acceptors (Lipinski definition) is 1. The number of amides is 1. The van der Waals surface area contributed by atoms with Gasteiger partial charge in [-0.05, 0) is 12.3 Å². The lowest BCUT2D eigenvalue weighted by Gasteiger charge is -2.10. The minimum Gasteiger partial charge on any atom is -0.356 e. The largest absolute Gasteiger partial charge is 0.356 e. The third kappa shape index (κ3) is 7.58. The molecule has 0 spiro atoms. The first-order valence-corrected chi connectivity index (χ1v) is 4.91. The van der Waals surface area contributed by atoms with Crippen LogP contribution in [-0.4, -0.2) is 12.5 Å². The van der Waals surface area contributed by atoms with Crippen LogP contribution in [0, 0.1) is 5.92 Å². The Hall–Kier alpha value is -0.530. The molecule has 1 N–H and O–H groups in total. The monoisotopic (exact) mass is 171 g/mol. The Morgan fingerprint density at radius 3 is 2.58 bits per heavy atom. The standard InChI is InChI=1S/C10H21NO/c1-4-5-6-7-9(2)8-11-10(3)12/h9H,4-8H2,1-3H3,(H,11,12)/t9-/m0/s1. The van der Waals surface area contributed by atoms with E-state index in [-0.39, 0.29) is 5.91 Å². The molecular weight excluding hydrogens is 150 g/mol. The molecule has 2 heteroatoms. The van der Waals surface area contributed by atoms with Crippen LogP contribution in [0.2, 0.25) is 0 Å². The molecule has 0 saturated heterocycles. The molecule has 0 aliphatic heterocycles. The molecule has 0 radical (unpaired) electrons. The van der Waals surface area contributed by atoms with E-state index in [1.54, 1.807) is 6.92 Å². The smallest absolute Gasteiger partial charge is 0.216 e. The van der Waals surface area contributed by atoms with Gasteiger partial charge in [-0.25, -0.2) is 0 Å². The third-order valence-corrected chi connectivity index (χ3v) is 2.00. The summed E-state index contributed by atoms with van der Waals surface area (Å²) < 4.78 is 0. The van der Waals surface area contributed by atoms with Gasteiger partial charge in [-0.2, -0.15) is 0 Å². The average molecular weight is 171 g/mol. The number of nitrogens with one attached hydrogen (secondary N) is 1. The highest BCUT2D eigenvalue weighted by molar-refractivity contribution is 5.72. The lowest BCUT2D eigenvalue weighted by atomic mass is 10.0. The van der Waals surface area contributed by atoms with E-state index in [0.29, 0.717) is 5.92 Å². The van der Waals surface area contributed by atoms with E-state index in [4.69, 9.17) is 0 Å². The highest BCUT2D eigenvalue weighted by Gasteiger charge is 2.01. The van der Waals surface area contributed by atoms with E-state index in [1.807, 2.05) is 0 Å². The van der Waals surface area contributed by atoms with Gasteiger partial charge in [-0.15, -0.1) is 0 Å². The van der Waals surface area contributed by atoms with Gasteiger partial charge in [0.15, 0.2) is 0 Å². The van der Waals surface area contributed by atoms with Gasteiger partial charge in [0.05, 0.1) is 0 Å². The minimum absolute atomic E-state index is 0.0809. The normalized spacial score (nSPS) is 12.6. The molecule has 0 bridgehead atoms. The molecule has 0 aromatic carbocycles. The molecule has 0 saturated carbocycles. The molecule has 2 nitrogen and oxygen atoms in total. The van der Waals surface area contributed by atoms with Crippen LogP contribution in [-0.2, 0) is 4.79 Å². The maximum absolute atomic E-state index is 10.6. The summed E-state index contributed by atoms with van der Waals surface area (Å²) in [5.41, 5.74) is 0. The summed E-state index contributed by atoms with van der Waals surface area (Å²) in [5, 5.41) is 2.83. The fourth-order valence-electron chi connectivity index (χ4n) is 1.16. The zero-order valence-corrected chi connectivity index (χ0v) is 8.52. The summed E-state index contributed by atoms with van der Waals surface area (Å²) in [7, 11) is 0. The van der Waals surface area contributed by atoms with Crippen LogP contribution in [0.4, 0.5) is 0 Å². The second-order valence-electron chi connectivity index (χ2n) is 3.54. The second-order valence-corrected chi connectivity index (χ2v) is 3.54. The first-order valence-electron chi connectivity index (χ1n) is 4.91. The summed E-state index contributed by atoms with van der Waals surface area (Å²) in [5.74, 6) is 0.706. The quantitative estimate of drug-likeness (QED) is 0.611. The lowest BCUT2D eigenvalue weighted by molar-refractivity contribution is -0.119. The molecule has 0 unspecified atom stereocenters. The molecule has 72 valence electrons. The van der Waals surface area contributed by atoms with Crippen molar-refractivity contribution in [2.75, 3.05) is 6.54 Å². The van der Waals surface area contributed by atoms with Crippen LogP contribution in [0.25, 0.3) is 0 Å². The van der Waals surface area contributed by atoms with Crippen molar-refractivity contribution in [2.45, 2.75) is 46.5 Å². The van der Waals surface area contributed by atoms with E-state index in [0.717, 1.165) is 6.54 Å². The Labute approximate surface area is 75.7 Å². The molecule has 0 fully saturated rings. The molecule has 1 atom stereocenters. The summed E-state index contributed by atoms with van der Waals surface area (Å²) >= 11 is 0. The van der Waals surface area contributed by atoms with Crippen LogP contribution >= 0.6 is 0 Å². The Balaban J connectivity index is 3.21. The fourth-order valence-corrected chi connectivity index (χ4v) is 1.16. The van der Waals surface area contributed by atoms with Crippen molar-refractivity contribution in [1.29, 1.82) is 0 Å². The second kappa shape index (κ2) is 7.14. The summed E-state index contributed by atoms with van der Waals surface area (Å²) in [6.45, 7) is 6.79. The van der Waals surface area contributed by atoms with Crippen LogP contribution in [0.3, 0.4) is 0 Å². The van der Waals surface area contributed by atoms with Crippen molar-refractivity contribution in [3.8, 4) is 0 Å². The van der Waals surface area contributed by atoms with Crippen molar-refractivity contribution in [1.82, 2.24) is 5.32 Å². The van der Waals surface area contributed by atoms with Crippen LogP contribution in [0.1, 0.15) is 46.5 Å². The van der Waals surface area contributed by atoms with Crippen molar-refractivity contribution < 1.29 is 4.79 Å². The summed E-state index contributed by atoms with van der Waals surface area (Å²) in [4.78, 5) is 10.6. The van der Waals surface area contributed by atoms with Crippen LogP contribution < -0.4 is 5.32 Å². The molecule has 1 amide bonds. The third-order valence-electron chi connectivity index (χ3n) is 2.00. The highest BCUT2D eigenvalue weighted by atomic mass is 16.1. The average Bonchev–Trinajstić information content (AvgIpc) is 2.01. The SMILES string of the molecule is CCCCC[C@H](C)CNC(C)=O. The molecule has 0 aliphatic carbocycles. The van der Waals surface area contributed by atoms with E-state index in [1.165, 1.54) is 25.7 Å². The van der Waals surface area contributed by atoms with Gasteiger partial charge in [0.1, 0.15) is 0 Å². The van der Waals surface area contributed by atoms with Crippen molar-refractivity contribution in [3.63, 3.8) is 0 Å². The molecule has 0 heterocycles. The van der Waals surface area contributed by atoms with Gasteiger partial charge in [0.25, 0.3) is 0 Å². The van der Waals surface area contributed by atoms with Crippen molar-refractivity contribution in [3.05, 3.63) is 0 Å². The fraction of sp³-hybridized carbons (Fsp3) is 0.900. The predicted molar refractivity (Wildman–Crippen MR) is 52.0 cm³/mol. The van der Waals surface area contributed by atoms with E-state index in [2.05, 4.69) is 19.2 Å². The maximum Gasteiger partial charge on any atom is 0.216 e.